The maximum Gasteiger partial charge on any atom is 0.171 e. The molecular formula is C27H44O5. The summed E-state index contributed by atoms with van der Waals surface area (Å²) in [4.78, 5) is 0. The highest BCUT2D eigenvalue weighted by Crippen LogP contribution is 2.71. The molecule has 2 saturated heterocycles. The van der Waals surface area contributed by atoms with Gasteiger partial charge in [0.1, 0.15) is 0 Å². The zero-order chi connectivity index (χ0) is 22.6. The van der Waals surface area contributed by atoms with Crippen molar-refractivity contribution in [2.24, 2.45) is 52.3 Å². The van der Waals surface area contributed by atoms with Gasteiger partial charge in [-0.2, -0.15) is 0 Å². The molecule has 0 unspecified atom stereocenters. The van der Waals surface area contributed by atoms with Crippen molar-refractivity contribution < 1.29 is 24.8 Å². The van der Waals surface area contributed by atoms with Crippen LogP contribution in [0.1, 0.15) is 79.1 Å². The van der Waals surface area contributed by atoms with Crippen molar-refractivity contribution in [2.75, 3.05) is 6.61 Å². The molecule has 6 aliphatic rings. The second-order valence-electron chi connectivity index (χ2n) is 13.3. The smallest absolute Gasteiger partial charge is 0.171 e. The topological polar surface area (TPSA) is 79.2 Å². The molecule has 0 aromatic heterocycles. The average Bonchev–Trinajstić information content (AvgIpc) is 3.15. The van der Waals surface area contributed by atoms with E-state index in [4.69, 9.17) is 9.47 Å². The number of rotatable bonds is 0. The van der Waals surface area contributed by atoms with Crippen LogP contribution in [0.3, 0.4) is 0 Å². The van der Waals surface area contributed by atoms with E-state index in [9.17, 15) is 15.3 Å². The SMILES string of the molecule is C[C@H]1CC[C@]2(OC1)O[C@H]1[C@H](O)[C@@H]3[C@H]4CC[C@@H]5C[C@H](O)[C@@H](O)C[C@@]5(C)[C@@H]4CC[C@@]3(C)[C@@H]1[C@@H]2C. The molecule has 4 saturated carbocycles. The van der Waals surface area contributed by atoms with Crippen molar-refractivity contribution in [3.05, 3.63) is 0 Å². The fourth-order valence-electron chi connectivity index (χ4n) is 10.3. The zero-order valence-corrected chi connectivity index (χ0v) is 20.4. The Morgan fingerprint density at radius 3 is 2.34 bits per heavy atom. The van der Waals surface area contributed by atoms with Gasteiger partial charge in [-0.1, -0.05) is 27.7 Å². The fourth-order valence-corrected chi connectivity index (χ4v) is 10.3. The van der Waals surface area contributed by atoms with Crippen LogP contribution in [0, 0.1) is 52.3 Å². The Labute approximate surface area is 193 Å². The number of aliphatic hydroxyl groups is 3. The second kappa shape index (κ2) is 7.16. The first kappa shape index (κ1) is 22.3. The minimum absolute atomic E-state index is 0.0661. The summed E-state index contributed by atoms with van der Waals surface area (Å²) in [7, 11) is 0. The molecule has 32 heavy (non-hydrogen) atoms. The molecule has 6 rings (SSSR count). The van der Waals surface area contributed by atoms with Crippen LogP contribution in [0.4, 0.5) is 0 Å². The van der Waals surface area contributed by atoms with Crippen molar-refractivity contribution in [1.82, 2.24) is 0 Å². The summed E-state index contributed by atoms with van der Waals surface area (Å²) in [6.07, 6.45) is 6.33. The van der Waals surface area contributed by atoms with Crippen molar-refractivity contribution in [3.63, 3.8) is 0 Å². The van der Waals surface area contributed by atoms with Gasteiger partial charge >= 0.3 is 0 Å². The highest BCUT2D eigenvalue weighted by atomic mass is 16.7. The lowest BCUT2D eigenvalue weighted by Crippen LogP contribution is -2.58. The maximum absolute atomic E-state index is 11.8. The summed E-state index contributed by atoms with van der Waals surface area (Å²) in [5.74, 6) is 2.49. The molecule has 5 nitrogen and oxygen atoms in total. The van der Waals surface area contributed by atoms with E-state index in [1.165, 1.54) is 6.42 Å². The van der Waals surface area contributed by atoms with Crippen molar-refractivity contribution >= 4 is 0 Å². The molecule has 2 aliphatic heterocycles. The molecular weight excluding hydrogens is 404 g/mol. The Bertz CT molecular complexity index is 748. The molecule has 0 aromatic rings. The van der Waals surface area contributed by atoms with Crippen molar-refractivity contribution in [1.29, 1.82) is 0 Å². The van der Waals surface area contributed by atoms with Gasteiger partial charge in [0.05, 0.1) is 31.0 Å². The van der Waals surface area contributed by atoms with E-state index in [2.05, 4.69) is 27.7 Å². The van der Waals surface area contributed by atoms with Gasteiger partial charge in [-0.05, 0) is 85.4 Å². The van der Waals surface area contributed by atoms with Gasteiger partial charge in [-0.15, -0.1) is 0 Å². The largest absolute Gasteiger partial charge is 0.390 e. The second-order valence-corrected chi connectivity index (χ2v) is 13.3. The van der Waals surface area contributed by atoms with Crippen LogP contribution in [0.5, 0.6) is 0 Å². The van der Waals surface area contributed by atoms with E-state index in [0.29, 0.717) is 41.9 Å². The lowest BCUT2D eigenvalue weighted by Gasteiger charge is -2.62. The molecule has 0 bridgehead atoms. The monoisotopic (exact) mass is 448 g/mol. The first-order valence-electron chi connectivity index (χ1n) is 13.5. The van der Waals surface area contributed by atoms with Gasteiger partial charge in [0.25, 0.3) is 0 Å². The van der Waals surface area contributed by atoms with Crippen LogP contribution >= 0.6 is 0 Å². The van der Waals surface area contributed by atoms with E-state index in [1.807, 2.05) is 0 Å². The molecule has 14 atom stereocenters. The molecule has 6 fully saturated rings. The Kier molecular flexibility index (Phi) is 4.99. The Hall–Kier alpha value is -0.200. The lowest BCUT2D eigenvalue weighted by atomic mass is 9.44. The van der Waals surface area contributed by atoms with Gasteiger partial charge in [0, 0.05) is 18.3 Å². The number of hydrogen-bond acceptors (Lipinski definition) is 5. The third-order valence-corrected chi connectivity index (χ3v) is 12.0. The van der Waals surface area contributed by atoms with Gasteiger partial charge < -0.3 is 24.8 Å². The van der Waals surface area contributed by atoms with E-state index < -0.39 is 24.1 Å². The van der Waals surface area contributed by atoms with Crippen molar-refractivity contribution in [2.45, 2.75) is 109 Å². The Morgan fingerprint density at radius 1 is 0.844 bits per heavy atom. The number of aliphatic hydroxyl groups excluding tert-OH is 3. The molecule has 2 heterocycles. The Balaban J connectivity index is 1.30. The van der Waals surface area contributed by atoms with E-state index in [-0.39, 0.29) is 22.9 Å². The third-order valence-electron chi connectivity index (χ3n) is 12.0. The normalized spacial score (nSPS) is 64.0. The summed E-state index contributed by atoms with van der Waals surface area (Å²) in [6.45, 7) is 10.2. The van der Waals surface area contributed by atoms with E-state index in [1.54, 1.807) is 0 Å². The summed E-state index contributed by atoms with van der Waals surface area (Å²) in [6, 6.07) is 0. The molecule has 4 aliphatic carbocycles. The predicted molar refractivity (Wildman–Crippen MR) is 121 cm³/mol. The summed E-state index contributed by atoms with van der Waals surface area (Å²) in [5, 5.41) is 32.7. The lowest BCUT2D eigenvalue weighted by molar-refractivity contribution is -0.282. The minimum atomic E-state index is -0.606. The van der Waals surface area contributed by atoms with Gasteiger partial charge in [-0.25, -0.2) is 0 Å². The van der Waals surface area contributed by atoms with Crippen LogP contribution in [0.15, 0.2) is 0 Å². The van der Waals surface area contributed by atoms with E-state index >= 15 is 0 Å². The zero-order valence-electron chi connectivity index (χ0n) is 20.4. The van der Waals surface area contributed by atoms with E-state index in [0.717, 1.165) is 45.1 Å². The highest BCUT2D eigenvalue weighted by Gasteiger charge is 2.72. The molecule has 5 heteroatoms. The van der Waals surface area contributed by atoms with Crippen LogP contribution in [-0.2, 0) is 9.47 Å². The fraction of sp³-hybridized carbons (Fsp3) is 1.00. The first-order valence-corrected chi connectivity index (χ1v) is 13.5. The molecule has 0 aromatic carbocycles. The van der Waals surface area contributed by atoms with Crippen molar-refractivity contribution in [3.8, 4) is 0 Å². The molecule has 1 spiro atoms. The summed E-state index contributed by atoms with van der Waals surface area (Å²) < 4.78 is 13.1. The summed E-state index contributed by atoms with van der Waals surface area (Å²) >= 11 is 0. The molecule has 182 valence electrons. The maximum atomic E-state index is 11.8. The number of fused-ring (bicyclic) bond motifs is 7. The van der Waals surface area contributed by atoms with Crippen LogP contribution in [0.2, 0.25) is 0 Å². The Morgan fingerprint density at radius 2 is 1.62 bits per heavy atom. The van der Waals surface area contributed by atoms with Crippen LogP contribution in [-0.4, -0.2) is 52.1 Å². The quantitative estimate of drug-likeness (QED) is 0.526. The van der Waals surface area contributed by atoms with Crippen LogP contribution in [0.25, 0.3) is 0 Å². The highest BCUT2D eigenvalue weighted by molar-refractivity contribution is 5.18. The first-order chi connectivity index (χ1) is 15.1. The average molecular weight is 449 g/mol. The van der Waals surface area contributed by atoms with Gasteiger partial charge in [0.15, 0.2) is 5.79 Å². The van der Waals surface area contributed by atoms with Crippen LogP contribution < -0.4 is 0 Å². The number of ether oxygens (including phenoxy) is 2. The molecule has 0 amide bonds. The molecule has 3 N–H and O–H groups in total. The standard InChI is InChI=1S/C27H44O5/c1-14-7-10-27(31-13-14)15(2)21-24(32-27)23(30)22-17-6-5-16-11-19(28)20(29)12-26(16,4)18(17)8-9-25(21,22)3/h14-24,28-30H,5-13H2,1-4H3/t14-,15-,16+,17-,18+,19-,20-,21+,22-,23+,24+,25-,26+,27-/m0/s1. The van der Waals surface area contributed by atoms with Gasteiger partial charge in [0.2, 0.25) is 0 Å². The van der Waals surface area contributed by atoms with Gasteiger partial charge in [-0.3, -0.25) is 0 Å². The number of hydrogen-bond donors (Lipinski definition) is 3. The minimum Gasteiger partial charge on any atom is -0.390 e. The predicted octanol–water partition coefficient (Wildman–Crippen LogP) is 3.74. The molecule has 0 radical (unpaired) electrons. The summed E-state index contributed by atoms with van der Waals surface area (Å²) in [5.41, 5.74) is 0.146. The third kappa shape index (κ3) is 2.75.